The summed E-state index contributed by atoms with van der Waals surface area (Å²) in [4.78, 5) is 29.6. The van der Waals surface area contributed by atoms with Crippen LogP contribution in [0, 0.1) is 0 Å². The number of aliphatic carboxylic acids is 1. The molecule has 9 heteroatoms. The quantitative estimate of drug-likeness (QED) is 0.775. The van der Waals surface area contributed by atoms with Crippen LogP contribution in [0.4, 0.5) is 0 Å². The maximum atomic E-state index is 12.7. The fraction of sp³-hybridized carbons (Fsp3) is 0.444. The van der Waals surface area contributed by atoms with Crippen molar-refractivity contribution in [2.45, 2.75) is 38.5 Å². The molecule has 2 heterocycles. The Morgan fingerprint density at radius 1 is 1.33 bits per heavy atom. The smallest absolute Gasteiger partial charge is 0.326 e. The number of aryl methyl sites for hydroxylation is 1. The zero-order valence-electron chi connectivity index (χ0n) is 15.1. The van der Waals surface area contributed by atoms with Crippen molar-refractivity contribution in [3.8, 4) is 5.75 Å². The number of ether oxygens (including phenoxy) is 2. The molecule has 27 heavy (non-hydrogen) atoms. The Balaban J connectivity index is 1.63. The van der Waals surface area contributed by atoms with Gasteiger partial charge < -0.3 is 24.0 Å². The number of methoxy groups -OCH3 is 1. The molecule has 1 aromatic carbocycles. The Hall–Kier alpha value is -2.94. The maximum absolute atomic E-state index is 12.7. The van der Waals surface area contributed by atoms with E-state index >= 15 is 0 Å². The van der Waals surface area contributed by atoms with Gasteiger partial charge in [0.05, 0.1) is 6.10 Å². The van der Waals surface area contributed by atoms with Gasteiger partial charge in [0, 0.05) is 32.1 Å². The van der Waals surface area contributed by atoms with Gasteiger partial charge >= 0.3 is 5.97 Å². The Kier molecular flexibility index (Phi) is 5.70. The van der Waals surface area contributed by atoms with Crippen molar-refractivity contribution in [1.82, 2.24) is 15.0 Å². The first-order valence-electron chi connectivity index (χ1n) is 8.62. The summed E-state index contributed by atoms with van der Waals surface area (Å²) in [7, 11) is 1.51. The molecule has 2 aromatic rings. The number of hydrogen-bond donors (Lipinski definition) is 1. The van der Waals surface area contributed by atoms with Gasteiger partial charge in [-0.1, -0.05) is 12.1 Å². The third-order valence-corrected chi connectivity index (χ3v) is 4.42. The van der Waals surface area contributed by atoms with E-state index in [-0.39, 0.29) is 31.6 Å². The zero-order valence-corrected chi connectivity index (χ0v) is 15.1. The monoisotopic (exact) mass is 375 g/mol. The molecule has 1 amide bonds. The van der Waals surface area contributed by atoms with E-state index in [0.717, 1.165) is 0 Å². The Morgan fingerprint density at radius 2 is 2.07 bits per heavy atom. The van der Waals surface area contributed by atoms with Crippen LogP contribution in [0.2, 0.25) is 0 Å². The number of amides is 1. The topological polar surface area (TPSA) is 115 Å². The Bertz CT molecular complexity index is 804. The SMILES string of the molecule is CCc1nc(COc2ccc(C(=O)N3CC(OC)CC3C(=O)O)cc2)no1. The number of carbonyl (C=O) groups excluding carboxylic acids is 1. The standard InChI is InChI=1S/C18H21N3O6/c1-3-16-19-15(20-27-16)10-26-12-6-4-11(5-7-12)17(22)21-9-13(25-2)8-14(21)18(23)24/h4-7,13-14H,3,8-10H2,1-2H3,(H,23,24). The highest BCUT2D eigenvalue weighted by atomic mass is 16.5. The van der Waals surface area contributed by atoms with Gasteiger partial charge in [-0.25, -0.2) is 4.79 Å². The lowest BCUT2D eigenvalue weighted by Gasteiger charge is -2.21. The number of benzene rings is 1. The predicted molar refractivity (Wildman–Crippen MR) is 92.3 cm³/mol. The Morgan fingerprint density at radius 3 is 2.67 bits per heavy atom. The molecule has 2 atom stereocenters. The van der Waals surface area contributed by atoms with Crippen LogP contribution in [-0.4, -0.2) is 57.8 Å². The lowest BCUT2D eigenvalue weighted by molar-refractivity contribution is -0.141. The molecule has 2 unspecified atom stereocenters. The van der Waals surface area contributed by atoms with Gasteiger partial charge in [-0.3, -0.25) is 4.79 Å². The van der Waals surface area contributed by atoms with Crippen molar-refractivity contribution in [3.63, 3.8) is 0 Å². The van der Waals surface area contributed by atoms with Crippen LogP contribution in [-0.2, 0) is 22.6 Å². The van der Waals surface area contributed by atoms with Crippen LogP contribution >= 0.6 is 0 Å². The summed E-state index contributed by atoms with van der Waals surface area (Å²) in [5.41, 5.74) is 0.387. The predicted octanol–water partition coefficient (Wildman–Crippen LogP) is 1.53. The number of carboxylic acid groups (broad SMARTS) is 1. The van der Waals surface area contributed by atoms with E-state index in [2.05, 4.69) is 10.1 Å². The third kappa shape index (κ3) is 4.25. The van der Waals surface area contributed by atoms with E-state index in [1.807, 2.05) is 6.92 Å². The minimum atomic E-state index is -1.03. The van der Waals surface area contributed by atoms with Crippen LogP contribution in [0.3, 0.4) is 0 Å². The van der Waals surface area contributed by atoms with Gasteiger partial charge in [0.2, 0.25) is 11.7 Å². The summed E-state index contributed by atoms with van der Waals surface area (Å²) in [6.45, 7) is 2.32. The lowest BCUT2D eigenvalue weighted by Crippen LogP contribution is -2.40. The Labute approximate surface area is 155 Å². The van der Waals surface area contributed by atoms with Gasteiger partial charge in [0.15, 0.2) is 6.61 Å². The van der Waals surface area contributed by atoms with Gasteiger partial charge in [-0.15, -0.1) is 0 Å². The summed E-state index contributed by atoms with van der Waals surface area (Å²) in [6.07, 6.45) is 0.658. The van der Waals surface area contributed by atoms with E-state index in [0.29, 0.717) is 29.4 Å². The second-order valence-corrected chi connectivity index (χ2v) is 6.18. The number of likely N-dealkylation sites (tertiary alicyclic amines) is 1. The van der Waals surface area contributed by atoms with Crippen molar-refractivity contribution < 1.29 is 28.7 Å². The minimum absolute atomic E-state index is 0.152. The summed E-state index contributed by atoms with van der Waals surface area (Å²) >= 11 is 0. The lowest BCUT2D eigenvalue weighted by atomic mass is 10.1. The first-order chi connectivity index (χ1) is 13.0. The highest BCUT2D eigenvalue weighted by Crippen LogP contribution is 2.23. The van der Waals surface area contributed by atoms with Gasteiger partial charge in [0.1, 0.15) is 11.8 Å². The largest absolute Gasteiger partial charge is 0.485 e. The molecule has 0 aliphatic carbocycles. The average Bonchev–Trinajstić information content (AvgIpc) is 3.33. The number of nitrogens with zero attached hydrogens (tertiary/aromatic N) is 3. The van der Waals surface area contributed by atoms with Crippen LogP contribution in [0.25, 0.3) is 0 Å². The van der Waals surface area contributed by atoms with Crippen molar-refractivity contribution in [3.05, 3.63) is 41.5 Å². The van der Waals surface area contributed by atoms with Crippen LogP contribution in [0.15, 0.2) is 28.8 Å². The van der Waals surface area contributed by atoms with Crippen molar-refractivity contribution in [2.24, 2.45) is 0 Å². The molecular formula is C18H21N3O6. The summed E-state index contributed by atoms with van der Waals surface area (Å²) in [5, 5.41) is 13.1. The first kappa shape index (κ1) is 18.8. The molecule has 0 saturated carbocycles. The number of rotatable bonds is 7. The molecule has 1 fully saturated rings. The number of hydrogen-bond acceptors (Lipinski definition) is 7. The van der Waals surface area contributed by atoms with E-state index in [4.69, 9.17) is 14.0 Å². The number of carbonyl (C=O) groups is 2. The third-order valence-electron chi connectivity index (χ3n) is 4.42. The number of carboxylic acids is 1. The maximum Gasteiger partial charge on any atom is 0.326 e. The van der Waals surface area contributed by atoms with E-state index in [1.165, 1.54) is 12.0 Å². The fourth-order valence-electron chi connectivity index (χ4n) is 2.93. The van der Waals surface area contributed by atoms with Crippen molar-refractivity contribution >= 4 is 11.9 Å². The normalized spacial score (nSPS) is 19.3. The minimum Gasteiger partial charge on any atom is -0.485 e. The zero-order chi connectivity index (χ0) is 19.4. The van der Waals surface area contributed by atoms with Gasteiger partial charge in [-0.2, -0.15) is 4.98 Å². The van der Waals surface area contributed by atoms with E-state index < -0.39 is 12.0 Å². The molecular weight excluding hydrogens is 354 g/mol. The molecule has 0 radical (unpaired) electrons. The molecule has 0 bridgehead atoms. The fourth-order valence-corrected chi connectivity index (χ4v) is 2.93. The van der Waals surface area contributed by atoms with Crippen LogP contribution in [0.1, 0.15) is 35.4 Å². The molecule has 1 aliphatic heterocycles. The molecule has 9 nitrogen and oxygen atoms in total. The summed E-state index contributed by atoms with van der Waals surface area (Å²) in [6, 6.07) is 5.61. The molecule has 1 aliphatic rings. The average molecular weight is 375 g/mol. The molecule has 1 saturated heterocycles. The second-order valence-electron chi connectivity index (χ2n) is 6.18. The molecule has 0 spiro atoms. The molecule has 1 N–H and O–H groups in total. The van der Waals surface area contributed by atoms with E-state index in [1.54, 1.807) is 24.3 Å². The van der Waals surface area contributed by atoms with Gasteiger partial charge in [0.25, 0.3) is 5.91 Å². The first-order valence-corrected chi connectivity index (χ1v) is 8.62. The van der Waals surface area contributed by atoms with E-state index in [9.17, 15) is 14.7 Å². The molecule has 144 valence electrons. The molecule has 3 rings (SSSR count). The highest BCUT2D eigenvalue weighted by molar-refractivity contribution is 5.97. The molecule has 1 aromatic heterocycles. The van der Waals surface area contributed by atoms with Gasteiger partial charge in [-0.05, 0) is 24.3 Å². The van der Waals surface area contributed by atoms with Crippen molar-refractivity contribution in [1.29, 1.82) is 0 Å². The van der Waals surface area contributed by atoms with Crippen molar-refractivity contribution in [2.75, 3.05) is 13.7 Å². The second kappa shape index (κ2) is 8.17. The summed E-state index contributed by atoms with van der Waals surface area (Å²) < 4.78 is 15.8. The highest BCUT2D eigenvalue weighted by Gasteiger charge is 2.40. The summed E-state index contributed by atoms with van der Waals surface area (Å²) in [5.74, 6) is 0.149. The van der Waals surface area contributed by atoms with Crippen LogP contribution < -0.4 is 4.74 Å². The number of aromatic nitrogens is 2. The van der Waals surface area contributed by atoms with Crippen LogP contribution in [0.5, 0.6) is 5.75 Å².